The molecule has 0 unspecified atom stereocenters. The van der Waals surface area contributed by atoms with Crippen LogP contribution in [0.1, 0.15) is 47.8 Å². The van der Waals surface area contributed by atoms with Gasteiger partial charge in [0, 0.05) is 23.5 Å². The lowest BCUT2D eigenvalue weighted by Crippen LogP contribution is -2.31. The molecule has 0 fully saturated rings. The van der Waals surface area contributed by atoms with Crippen molar-refractivity contribution in [3.05, 3.63) is 77.1 Å². The van der Waals surface area contributed by atoms with Crippen LogP contribution in [0.5, 0.6) is 5.75 Å². The lowest BCUT2D eigenvalue weighted by atomic mass is 9.87. The van der Waals surface area contributed by atoms with E-state index in [1.54, 1.807) is 41.3 Å². The first-order chi connectivity index (χ1) is 15.0. The molecule has 166 valence electrons. The first-order valence-corrected chi connectivity index (χ1v) is 11.4. The van der Waals surface area contributed by atoms with Crippen molar-refractivity contribution in [3.63, 3.8) is 0 Å². The summed E-state index contributed by atoms with van der Waals surface area (Å²) in [6.45, 7) is 6.34. The molecule has 8 heteroatoms. The van der Waals surface area contributed by atoms with E-state index in [-0.39, 0.29) is 21.6 Å². The minimum absolute atomic E-state index is 0.103. The van der Waals surface area contributed by atoms with Crippen molar-refractivity contribution < 1.29 is 17.9 Å². The Morgan fingerprint density at radius 2 is 1.97 bits per heavy atom. The van der Waals surface area contributed by atoms with Gasteiger partial charge in [-0.1, -0.05) is 38.8 Å². The van der Waals surface area contributed by atoms with Crippen LogP contribution in [0.15, 0.2) is 59.8 Å². The number of hydrogen-bond donors (Lipinski definition) is 1. The largest absolute Gasteiger partial charge is 0.495 e. The quantitative estimate of drug-likeness (QED) is 0.581. The smallest absolute Gasteiger partial charge is 0.268 e. The highest BCUT2D eigenvalue weighted by Crippen LogP contribution is 2.30. The Bertz CT molecular complexity index is 1280. The molecule has 7 nitrogen and oxygen atoms in total. The van der Waals surface area contributed by atoms with Crippen molar-refractivity contribution in [2.45, 2.75) is 37.6 Å². The van der Waals surface area contributed by atoms with Crippen LogP contribution in [-0.4, -0.2) is 31.2 Å². The number of nitrogens with one attached hydrogen (secondary N) is 1. The number of terminal acetylenes is 1. The third-order valence-electron chi connectivity index (χ3n) is 4.97. The number of sulfonamides is 1. The summed E-state index contributed by atoms with van der Waals surface area (Å²) in [4.78, 5) is 12.7. The maximum absolute atomic E-state index is 13.0. The van der Waals surface area contributed by atoms with E-state index < -0.39 is 15.9 Å². The zero-order chi connectivity index (χ0) is 23.5. The van der Waals surface area contributed by atoms with Gasteiger partial charge >= 0.3 is 0 Å². The highest BCUT2D eigenvalue weighted by Gasteiger charge is 2.26. The van der Waals surface area contributed by atoms with Crippen LogP contribution in [0, 0.1) is 12.3 Å². The molecule has 0 aliphatic carbocycles. The Hall–Kier alpha value is -3.57. The number of carbonyl (C=O) groups is 1. The zero-order valence-electron chi connectivity index (χ0n) is 18.4. The summed E-state index contributed by atoms with van der Waals surface area (Å²) < 4.78 is 35.1. The number of amides is 1. The van der Waals surface area contributed by atoms with E-state index in [1.165, 1.54) is 25.3 Å². The minimum Gasteiger partial charge on any atom is -0.495 e. The third kappa shape index (κ3) is 5.01. The van der Waals surface area contributed by atoms with Crippen molar-refractivity contribution >= 4 is 15.9 Å². The molecule has 0 saturated heterocycles. The molecule has 0 saturated carbocycles. The van der Waals surface area contributed by atoms with Gasteiger partial charge in [-0.2, -0.15) is 5.10 Å². The lowest BCUT2D eigenvalue weighted by molar-refractivity contribution is 0.0981. The number of nitrogens with zero attached hydrogens (tertiary/aromatic N) is 2. The van der Waals surface area contributed by atoms with Crippen molar-refractivity contribution in [2.24, 2.45) is 0 Å². The number of rotatable bonds is 6. The van der Waals surface area contributed by atoms with Crippen molar-refractivity contribution in [1.29, 1.82) is 0 Å². The molecule has 1 N–H and O–H groups in total. The van der Waals surface area contributed by atoms with Crippen molar-refractivity contribution in [1.82, 2.24) is 14.5 Å². The first-order valence-electron chi connectivity index (χ1n) is 9.88. The summed E-state index contributed by atoms with van der Waals surface area (Å²) in [6.07, 6.45) is 9.07. The molecule has 3 rings (SSSR count). The molecule has 3 aromatic rings. The molecule has 1 heterocycles. The Morgan fingerprint density at radius 3 is 2.56 bits per heavy atom. The van der Waals surface area contributed by atoms with Gasteiger partial charge in [0.05, 0.1) is 13.7 Å². The predicted octanol–water partition coefficient (Wildman–Crippen LogP) is 3.34. The summed E-state index contributed by atoms with van der Waals surface area (Å²) >= 11 is 0. The predicted molar refractivity (Wildman–Crippen MR) is 122 cm³/mol. The summed E-state index contributed by atoms with van der Waals surface area (Å²) in [5.41, 5.74) is 1.92. The molecular formula is C24H25N3O4S. The van der Waals surface area contributed by atoms with Gasteiger partial charge in [-0.3, -0.25) is 9.48 Å². The average Bonchev–Trinajstić information content (AvgIpc) is 3.25. The van der Waals surface area contributed by atoms with Crippen molar-refractivity contribution in [2.75, 3.05) is 7.11 Å². The molecule has 1 amide bonds. The normalized spacial score (nSPS) is 11.6. The lowest BCUT2D eigenvalue weighted by Gasteiger charge is -2.21. The zero-order valence-corrected chi connectivity index (χ0v) is 19.2. The Labute approximate surface area is 188 Å². The second-order valence-corrected chi connectivity index (χ2v) is 9.92. The summed E-state index contributed by atoms with van der Waals surface area (Å²) in [5, 5.41) is 4.14. The van der Waals surface area contributed by atoms with Gasteiger partial charge in [0.2, 0.25) is 0 Å². The van der Waals surface area contributed by atoms with Crippen LogP contribution in [0.25, 0.3) is 0 Å². The van der Waals surface area contributed by atoms with Crippen LogP contribution in [-0.2, 0) is 22.0 Å². The summed E-state index contributed by atoms with van der Waals surface area (Å²) in [6, 6.07) is 11.4. The van der Waals surface area contributed by atoms with Gasteiger partial charge in [0.25, 0.3) is 15.9 Å². The molecule has 0 radical (unpaired) electrons. The van der Waals surface area contributed by atoms with E-state index in [0.29, 0.717) is 12.1 Å². The van der Waals surface area contributed by atoms with E-state index in [4.69, 9.17) is 11.2 Å². The maximum atomic E-state index is 13.0. The maximum Gasteiger partial charge on any atom is 0.268 e. The van der Waals surface area contributed by atoms with E-state index in [0.717, 1.165) is 11.1 Å². The number of carbonyl (C=O) groups excluding carboxylic acids is 1. The number of benzene rings is 2. The van der Waals surface area contributed by atoms with Gasteiger partial charge < -0.3 is 4.74 Å². The molecule has 32 heavy (non-hydrogen) atoms. The minimum atomic E-state index is -4.19. The fourth-order valence-electron chi connectivity index (χ4n) is 3.15. The molecule has 0 atom stereocenters. The van der Waals surface area contributed by atoms with Crippen LogP contribution < -0.4 is 9.46 Å². The van der Waals surface area contributed by atoms with Crippen molar-refractivity contribution in [3.8, 4) is 18.1 Å². The molecular weight excluding hydrogens is 426 g/mol. The van der Waals surface area contributed by atoms with Gasteiger partial charge in [0.15, 0.2) is 0 Å². The topological polar surface area (TPSA) is 90.3 Å². The van der Waals surface area contributed by atoms with Crippen LogP contribution >= 0.6 is 0 Å². The number of aromatic nitrogens is 2. The van der Waals surface area contributed by atoms with Crippen LogP contribution in [0.3, 0.4) is 0 Å². The van der Waals surface area contributed by atoms with E-state index in [9.17, 15) is 13.2 Å². The molecule has 1 aromatic heterocycles. The second kappa shape index (κ2) is 8.89. The van der Waals surface area contributed by atoms with Gasteiger partial charge in [0.1, 0.15) is 10.6 Å². The number of hydrogen-bond acceptors (Lipinski definition) is 5. The Balaban J connectivity index is 1.90. The summed E-state index contributed by atoms with van der Waals surface area (Å²) in [5.74, 6) is 1.92. The van der Waals surface area contributed by atoms with Gasteiger partial charge in [-0.05, 0) is 46.9 Å². The fourth-order valence-corrected chi connectivity index (χ4v) is 4.32. The average molecular weight is 452 g/mol. The fraction of sp³-hybridized carbons (Fsp3) is 0.250. The first kappa shape index (κ1) is 23.1. The molecule has 0 bridgehead atoms. The summed E-state index contributed by atoms with van der Waals surface area (Å²) in [7, 11) is -2.81. The van der Waals surface area contributed by atoms with Crippen LogP contribution in [0.2, 0.25) is 0 Å². The number of methoxy groups -OCH3 is 1. The third-order valence-corrected chi connectivity index (χ3v) is 6.32. The van der Waals surface area contributed by atoms with E-state index in [1.807, 2.05) is 20.8 Å². The Morgan fingerprint density at radius 1 is 1.22 bits per heavy atom. The SMILES string of the molecule is C#Cc1cc(C(=O)NS(=O)(=O)c2cc(C(C)(C)C)ccc2OC)ccc1Cn1cccn1. The van der Waals surface area contributed by atoms with E-state index in [2.05, 4.69) is 15.7 Å². The molecule has 2 aromatic carbocycles. The van der Waals surface area contributed by atoms with Gasteiger partial charge in [-0.15, -0.1) is 6.42 Å². The monoisotopic (exact) mass is 451 g/mol. The second-order valence-electron chi connectivity index (χ2n) is 8.27. The molecule has 0 spiro atoms. The molecule has 0 aliphatic heterocycles. The highest BCUT2D eigenvalue weighted by molar-refractivity contribution is 7.90. The van der Waals surface area contributed by atoms with Gasteiger partial charge in [-0.25, -0.2) is 13.1 Å². The Kier molecular flexibility index (Phi) is 6.42. The highest BCUT2D eigenvalue weighted by atomic mass is 32.2. The van der Waals surface area contributed by atoms with Crippen LogP contribution in [0.4, 0.5) is 0 Å². The van der Waals surface area contributed by atoms with E-state index >= 15 is 0 Å². The molecule has 0 aliphatic rings. The number of ether oxygens (including phenoxy) is 1. The standard InChI is InChI=1S/C24H25N3O4S/c1-6-17-14-18(8-9-19(17)16-27-13-7-12-25-27)23(28)26-32(29,30)22-15-20(24(2,3)4)10-11-21(22)31-5/h1,7-15H,16H2,2-5H3,(H,26,28).